The van der Waals surface area contributed by atoms with Crippen molar-refractivity contribution in [1.82, 2.24) is 0 Å². The van der Waals surface area contributed by atoms with Gasteiger partial charge in [-0.05, 0) is 0 Å². The maximum absolute atomic E-state index is 13.2. The van der Waals surface area contributed by atoms with Gasteiger partial charge in [-0.3, -0.25) is 4.79 Å². The molecular formula is C8H8BrFIN2O2-. The van der Waals surface area contributed by atoms with E-state index in [9.17, 15) is 14.4 Å². The highest BCUT2D eigenvalue weighted by Crippen LogP contribution is 2.19. The van der Waals surface area contributed by atoms with Crippen LogP contribution in [0.25, 0.3) is 0 Å². The van der Waals surface area contributed by atoms with Crippen LogP contribution in [-0.2, 0) is 0 Å². The number of halogens is 3. The molecule has 15 heavy (non-hydrogen) atoms. The predicted octanol–water partition coefficient (Wildman–Crippen LogP) is -2.32. The second-order valence-corrected chi connectivity index (χ2v) is 3.20. The van der Waals surface area contributed by atoms with Crippen molar-refractivity contribution in [3.63, 3.8) is 0 Å². The topological polar surface area (TPSA) is 82.8 Å². The average Bonchev–Trinajstić information content (AvgIpc) is 2.17. The number of rotatable bonds is 3. The van der Waals surface area contributed by atoms with E-state index in [4.69, 9.17) is 5.73 Å². The van der Waals surface area contributed by atoms with Crippen LogP contribution in [0.3, 0.4) is 0 Å². The number of carbonyl (C=O) groups excluding carboxylic acids is 1. The molecule has 1 aromatic rings. The highest BCUT2D eigenvalue weighted by molar-refractivity contribution is 9.09. The van der Waals surface area contributed by atoms with E-state index < -0.39 is 11.6 Å². The summed E-state index contributed by atoms with van der Waals surface area (Å²) in [5, 5.41) is 10.5. The first-order valence-corrected chi connectivity index (χ1v) is 4.85. The molecule has 0 saturated heterocycles. The van der Waals surface area contributed by atoms with Gasteiger partial charge in [0.05, 0.1) is 16.6 Å². The van der Waals surface area contributed by atoms with Gasteiger partial charge in [0.25, 0.3) is 0 Å². The molecule has 7 heteroatoms. The molecule has 0 saturated carbocycles. The van der Waals surface area contributed by atoms with Crippen LogP contribution in [0.4, 0.5) is 15.8 Å². The second-order valence-electron chi connectivity index (χ2n) is 2.64. The van der Waals surface area contributed by atoms with Crippen molar-refractivity contribution in [1.29, 1.82) is 0 Å². The number of benzene rings is 1. The quantitative estimate of drug-likeness (QED) is 0.200. The molecule has 0 radical (unpaired) electrons. The van der Waals surface area contributed by atoms with Crippen molar-refractivity contribution in [2.45, 2.75) is 0 Å². The number of carbonyl (C=O) groups is 1. The summed E-state index contributed by atoms with van der Waals surface area (Å²) in [6.07, 6.45) is 0. The molecule has 0 aliphatic heterocycles. The van der Waals surface area contributed by atoms with Crippen molar-refractivity contribution < 1.29 is 38.6 Å². The van der Waals surface area contributed by atoms with Crippen molar-refractivity contribution in [2.75, 3.05) is 11.1 Å². The lowest BCUT2D eigenvalue weighted by Crippen LogP contribution is -3.00. The van der Waals surface area contributed by atoms with Crippen molar-refractivity contribution >= 4 is 33.1 Å². The lowest BCUT2D eigenvalue weighted by atomic mass is 10.1. The Hall–Kier alpha value is -0.250. The van der Waals surface area contributed by atoms with Gasteiger partial charge >= 0.3 is 0 Å². The molecule has 4 nitrogen and oxygen atoms in total. The van der Waals surface area contributed by atoms with Gasteiger partial charge in [0.15, 0.2) is 11.5 Å². The van der Waals surface area contributed by atoms with Crippen LogP contribution < -0.4 is 35.2 Å². The largest absolute Gasteiger partial charge is 1.00 e. The number of Topliss-reactive ketones (excluding diaryl/α,β-unsaturated/α-hetero) is 1. The SMILES string of the molecule is Nc1cc(F)c(C(=O)CBr)cc1[NH2+][O-].[I-]. The molecule has 0 unspecified atom stereocenters. The van der Waals surface area contributed by atoms with Gasteiger partial charge in [0.1, 0.15) is 5.82 Å². The second kappa shape index (κ2) is 6.36. The van der Waals surface area contributed by atoms with Crippen molar-refractivity contribution in [3.05, 3.63) is 28.7 Å². The fraction of sp³-hybridized carbons (Fsp3) is 0.125. The molecule has 1 rings (SSSR count). The van der Waals surface area contributed by atoms with Crippen LogP contribution in [0.1, 0.15) is 10.4 Å². The van der Waals surface area contributed by atoms with Crippen LogP contribution in [-0.4, -0.2) is 11.1 Å². The Bertz CT molecular complexity index is 376. The van der Waals surface area contributed by atoms with Gasteiger partial charge < -0.3 is 40.4 Å². The number of alkyl halides is 1. The third-order valence-corrected chi connectivity index (χ3v) is 2.23. The van der Waals surface area contributed by atoms with Crippen LogP contribution in [0.15, 0.2) is 12.1 Å². The van der Waals surface area contributed by atoms with Gasteiger partial charge in [-0.25, -0.2) is 4.39 Å². The zero-order chi connectivity index (χ0) is 10.7. The Labute approximate surface area is 111 Å². The van der Waals surface area contributed by atoms with Crippen molar-refractivity contribution in [3.8, 4) is 0 Å². The third kappa shape index (κ3) is 3.37. The Morgan fingerprint density at radius 2 is 2.20 bits per heavy atom. The molecule has 0 heterocycles. The van der Waals surface area contributed by atoms with E-state index in [-0.39, 0.29) is 46.2 Å². The normalized spacial score (nSPS) is 9.53. The summed E-state index contributed by atoms with van der Waals surface area (Å²) in [6.45, 7) is 0. The summed E-state index contributed by atoms with van der Waals surface area (Å²) < 4.78 is 13.2. The molecule has 84 valence electrons. The molecule has 4 N–H and O–H groups in total. The Morgan fingerprint density at radius 3 is 2.67 bits per heavy atom. The number of hydrogen-bond donors (Lipinski definition) is 2. The highest BCUT2D eigenvalue weighted by atomic mass is 127. The van der Waals surface area contributed by atoms with Gasteiger partial charge in [-0.1, -0.05) is 15.9 Å². The number of ketones is 1. The maximum atomic E-state index is 13.2. The van der Waals surface area contributed by atoms with Gasteiger partial charge in [0.2, 0.25) is 0 Å². The van der Waals surface area contributed by atoms with E-state index in [1.807, 2.05) is 0 Å². The Kier molecular flexibility index (Phi) is 6.25. The molecule has 0 spiro atoms. The maximum Gasteiger partial charge on any atom is 0.176 e. The van der Waals surface area contributed by atoms with Crippen LogP contribution in [0.5, 0.6) is 0 Å². The first-order valence-electron chi connectivity index (χ1n) is 3.73. The van der Waals surface area contributed by atoms with E-state index in [0.717, 1.165) is 12.1 Å². The number of nitrogens with two attached hydrogens (primary N) is 2. The minimum atomic E-state index is -0.711. The molecule has 1 aromatic carbocycles. The monoisotopic (exact) mass is 389 g/mol. The number of hydrogen-bond acceptors (Lipinski definition) is 3. The lowest BCUT2D eigenvalue weighted by Gasteiger charge is -2.07. The molecule has 0 aromatic heterocycles. The van der Waals surface area contributed by atoms with Crippen LogP contribution in [0.2, 0.25) is 0 Å². The van der Waals surface area contributed by atoms with E-state index in [1.165, 1.54) is 0 Å². The molecule has 0 amide bonds. The standard InChI is InChI=1S/C8H8BrFN2O2.HI/c9-3-8(13)4-1-7(12-14)6(11)2-5(4)10;/h1-2H,3,11-12H2;1H/p-1. The van der Waals surface area contributed by atoms with Crippen LogP contribution >= 0.6 is 15.9 Å². The Morgan fingerprint density at radius 1 is 1.60 bits per heavy atom. The summed E-state index contributed by atoms with van der Waals surface area (Å²) in [6, 6.07) is 2.13. The third-order valence-electron chi connectivity index (χ3n) is 1.72. The summed E-state index contributed by atoms with van der Waals surface area (Å²) in [7, 11) is 0. The minimum Gasteiger partial charge on any atom is -1.00 e. The van der Waals surface area contributed by atoms with Gasteiger partial charge in [0, 0.05) is 12.1 Å². The molecular weight excluding hydrogens is 382 g/mol. The van der Waals surface area contributed by atoms with Gasteiger partial charge in [-0.15, -0.1) is 0 Å². The molecule has 0 bridgehead atoms. The van der Waals surface area contributed by atoms with E-state index in [1.54, 1.807) is 0 Å². The zero-order valence-corrected chi connectivity index (χ0v) is 11.2. The average molecular weight is 390 g/mol. The fourth-order valence-electron chi connectivity index (χ4n) is 0.993. The van der Waals surface area contributed by atoms with E-state index in [2.05, 4.69) is 15.9 Å². The fourth-order valence-corrected chi connectivity index (χ4v) is 1.30. The minimum absolute atomic E-state index is 0. The molecule has 0 fully saturated rings. The molecule has 0 atom stereocenters. The van der Waals surface area contributed by atoms with Crippen LogP contribution in [0, 0.1) is 11.0 Å². The Balaban J connectivity index is 0.00000196. The number of anilines is 1. The summed E-state index contributed by atoms with van der Waals surface area (Å²) in [5.74, 6) is -1.14. The summed E-state index contributed by atoms with van der Waals surface area (Å²) >= 11 is 2.91. The molecule has 0 aliphatic rings. The highest BCUT2D eigenvalue weighted by Gasteiger charge is 2.14. The lowest BCUT2D eigenvalue weighted by molar-refractivity contribution is -0.496. The zero-order valence-electron chi connectivity index (χ0n) is 7.47. The van der Waals surface area contributed by atoms with Crippen molar-refractivity contribution in [2.24, 2.45) is 0 Å². The molecule has 0 aliphatic carbocycles. The smallest absolute Gasteiger partial charge is 0.176 e. The van der Waals surface area contributed by atoms with Gasteiger partial charge in [-0.2, -0.15) is 0 Å². The first kappa shape index (κ1) is 14.8. The predicted molar refractivity (Wildman–Crippen MR) is 53.9 cm³/mol. The number of quaternary nitrogens is 1. The first-order chi connectivity index (χ1) is 6.60. The van der Waals surface area contributed by atoms with E-state index in [0.29, 0.717) is 5.48 Å². The number of nitrogen functional groups attached to an aromatic ring is 1. The summed E-state index contributed by atoms with van der Waals surface area (Å²) in [5.41, 5.74) is 5.86. The van der Waals surface area contributed by atoms with E-state index >= 15 is 0 Å². The summed E-state index contributed by atoms with van der Waals surface area (Å²) in [4.78, 5) is 11.2.